The first-order valence-electron chi connectivity index (χ1n) is 10.9. The largest absolute Gasteiger partial charge is 0.366 e. The lowest BCUT2D eigenvalue weighted by molar-refractivity contribution is -0.137. The van der Waals surface area contributed by atoms with Crippen LogP contribution in [-0.4, -0.2) is 64.0 Å². The van der Waals surface area contributed by atoms with Gasteiger partial charge in [-0.25, -0.2) is 0 Å². The van der Waals surface area contributed by atoms with Crippen molar-refractivity contribution in [1.82, 2.24) is 25.3 Å². The van der Waals surface area contributed by atoms with Crippen molar-refractivity contribution < 1.29 is 9.59 Å². The van der Waals surface area contributed by atoms with Gasteiger partial charge in [0, 0.05) is 51.8 Å². The Morgan fingerprint density at radius 3 is 2.67 bits per heavy atom. The molecular formula is C22H24Cl2N6O2S. The molecule has 0 saturated carbocycles. The molecular weight excluding hydrogens is 483 g/mol. The Morgan fingerprint density at radius 1 is 1.12 bits per heavy atom. The van der Waals surface area contributed by atoms with E-state index >= 15 is 0 Å². The average Bonchev–Trinajstić information content (AvgIpc) is 3.13. The third kappa shape index (κ3) is 4.57. The Labute approximate surface area is 207 Å². The molecule has 2 fully saturated rings. The Hall–Kier alpha value is -1.91. The fourth-order valence-corrected chi connectivity index (χ4v) is 5.76. The molecule has 2 aromatic rings. The number of hydrogen-bond donors (Lipinski definition) is 2. The highest BCUT2D eigenvalue weighted by atomic mass is 35.5. The van der Waals surface area contributed by atoms with Gasteiger partial charge in [0.25, 0.3) is 0 Å². The molecule has 0 aliphatic carbocycles. The molecule has 3 aliphatic rings. The Kier molecular flexibility index (Phi) is 6.50. The number of carbonyl (C=O) groups excluding carboxylic acids is 2. The van der Waals surface area contributed by atoms with E-state index in [-0.39, 0.29) is 23.2 Å². The van der Waals surface area contributed by atoms with E-state index in [0.29, 0.717) is 29.7 Å². The van der Waals surface area contributed by atoms with Gasteiger partial charge in [-0.2, -0.15) is 12.6 Å². The van der Waals surface area contributed by atoms with Gasteiger partial charge in [0.1, 0.15) is 0 Å². The number of piperidine rings is 1. The number of halogens is 2. The van der Waals surface area contributed by atoms with Crippen LogP contribution < -0.4 is 10.2 Å². The summed E-state index contributed by atoms with van der Waals surface area (Å²) in [7, 11) is 0. The molecule has 2 saturated heterocycles. The predicted molar refractivity (Wildman–Crippen MR) is 129 cm³/mol. The van der Waals surface area contributed by atoms with Crippen molar-refractivity contribution in [2.24, 2.45) is 0 Å². The van der Waals surface area contributed by atoms with Crippen LogP contribution in [0.1, 0.15) is 34.9 Å². The van der Waals surface area contributed by atoms with Crippen molar-refractivity contribution in [3.05, 3.63) is 51.3 Å². The fourth-order valence-electron chi connectivity index (χ4n) is 4.92. The minimum Gasteiger partial charge on any atom is -0.366 e. The smallest absolute Gasteiger partial charge is 0.243 e. The molecule has 4 heterocycles. The lowest BCUT2D eigenvalue weighted by Crippen LogP contribution is -2.51. The number of thiol groups is 1. The molecule has 11 heteroatoms. The van der Waals surface area contributed by atoms with Crippen LogP contribution in [0.25, 0.3) is 0 Å². The Morgan fingerprint density at radius 2 is 1.91 bits per heavy atom. The number of aromatic nitrogens is 2. The first-order valence-corrected chi connectivity index (χ1v) is 12.2. The number of nitrogens with one attached hydrogen (secondary N) is 1. The molecule has 33 heavy (non-hydrogen) atoms. The molecule has 174 valence electrons. The maximum atomic E-state index is 12.4. The molecule has 3 aliphatic heterocycles. The summed E-state index contributed by atoms with van der Waals surface area (Å²) < 4.78 is 0. The van der Waals surface area contributed by atoms with Gasteiger partial charge in [0.05, 0.1) is 17.1 Å². The van der Waals surface area contributed by atoms with Gasteiger partial charge in [-0.15, -0.1) is 10.2 Å². The van der Waals surface area contributed by atoms with Crippen LogP contribution in [0, 0.1) is 0 Å². The minimum absolute atomic E-state index is 0.160. The van der Waals surface area contributed by atoms with Crippen LogP contribution in [-0.2, 0) is 22.7 Å². The van der Waals surface area contributed by atoms with E-state index in [1.807, 2.05) is 0 Å². The number of fused-ring (bicyclic) bond motifs is 1. The number of piperazine rings is 1. The molecule has 2 unspecified atom stereocenters. The number of nitrogens with zero attached hydrogens (tertiary/aromatic N) is 5. The predicted octanol–water partition coefficient (Wildman–Crippen LogP) is 2.65. The highest BCUT2D eigenvalue weighted by Crippen LogP contribution is 2.41. The third-order valence-corrected chi connectivity index (χ3v) is 7.69. The van der Waals surface area contributed by atoms with Gasteiger partial charge in [0.15, 0.2) is 10.3 Å². The maximum absolute atomic E-state index is 12.4. The van der Waals surface area contributed by atoms with Crippen LogP contribution in [0.5, 0.6) is 0 Å². The molecule has 2 amide bonds. The van der Waals surface area contributed by atoms with E-state index in [0.717, 1.165) is 44.0 Å². The number of benzene rings is 1. The molecule has 2 atom stereocenters. The first-order chi connectivity index (χ1) is 15.9. The second-order valence-corrected chi connectivity index (χ2v) is 9.84. The molecule has 1 aromatic carbocycles. The van der Waals surface area contributed by atoms with Crippen LogP contribution in [0.15, 0.2) is 24.3 Å². The van der Waals surface area contributed by atoms with E-state index in [4.69, 9.17) is 35.8 Å². The summed E-state index contributed by atoms with van der Waals surface area (Å²) in [5.41, 5.74) is 4.44. The second-order valence-electron chi connectivity index (χ2n) is 8.60. The van der Waals surface area contributed by atoms with E-state index in [1.165, 1.54) is 11.1 Å². The van der Waals surface area contributed by atoms with Crippen molar-refractivity contribution in [2.75, 3.05) is 31.1 Å². The van der Waals surface area contributed by atoms with E-state index in [1.54, 1.807) is 6.07 Å². The van der Waals surface area contributed by atoms with Crippen LogP contribution in [0.4, 0.5) is 5.69 Å². The Balaban J connectivity index is 1.26. The first kappa shape index (κ1) is 22.9. The van der Waals surface area contributed by atoms with Gasteiger partial charge in [-0.1, -0.05) is 41.4 Å². The highest BCUT2D eigenvalue weighted by molar-refractivity contribution is 7.80. The van der Waals surface area contributed by atoms with Crippen LogP contribution in [0.3, 0.4) is 0 Å². The van der Waals surface area contributed by atoms with E-state index in [9.17, 15) is 9.59 Å². The lowest BCUT2D eigenvalue weighted by Gasteiger charge is -2.36. The number of hydrogen-bond acceptors (Lipinski definition) is 8. The number of imide groups is 1. The summed E-state index contributed by atoms with van der Waals surface area (Å²) in [6, 6.07) is 7.73. The molecule has 0 radical (unpaired) electrons. The minimum atomic E-state index is -0.334. The third-order valence-electron chi connectivity index (χ3n) is 6.66. The summed E-state index contributed by atoms with van der Waals surface area (Å²) in [5, 5.41) is 10.7. The quantitative estimate of drug-likeness (QED) is 0.487. The topological polar surface area (TPSA) is 81.7 Å². The molecule has 1 N–H and O–H groups in total. The van der Waals surface area contributed by atoms with Crippen molar-refractivity contribution in [1.29, 1.82) is 0 Å². The fraction of sp³-hybridized carbons (Fsp3) is 0.455. The van der Waals surface area contributed by atoms with Crippen molar-refractivity contribution in [2.45, 2.75) is 37.3 Å². The maximum Gasteiger partial charge on any atom is 0.243 e. The van der Waals surface area contributed by atoms with Crippen molar-refractivity contribution in [3.8, 4) is 0 Å². The standard InChI is InChI=1S/C22H24Cl2N6O2S/c23-18-10-17(20(24)27-26-18)29-8-6-28(7-9-29)11-13-2-1-3-14-15(13)12-30(22(14)33)16-4-5-19(31)25-21(16)32/h1-3,10,16,22,33H,4-9,11-12H2,(H,25,31,32). The van der Waals surface area contributed by atoms with Crippen molar-refractivity contribution in [3.63, 3.8) is 0 Å². The number of carbonyl (C=O) groups is 2. The monoisotopic (exact) mass is 506 g/mol. The van der Waals surface area contributed by atoms with Crippen LogP contribution in [0.2, 0.25) is 10.3 Å². The summed E-state index contributed by atoms with van der Waals surface area (Å²) in [5.74, 6) is -0.422. The highest BCUT2D eigenvalue weighted by Gasteiger charge is 2.39. The van der Waals surface area contributed by atoms with Crippen molar-refractivity contribution >= 4 is 53.3 Å². The zero-order chi connectivity index (χ0) is 23.1. The van der Waals surface area contributed by atoms with Gasteiger partial charge >= 0.3 is 0 Å². The van der Waals surface area contributed by atoms with Gasteiger partial charge in [-0.05, 0) is 23.1 Å². The molecule has 1 aromatic heterocycles. The second kappa shape index (κ2) is 9.38. The molecule has 5 rings (SSSR count). The zero-order valence-electron chi connectivity index (χ0n) is 17.9. The molecule has 0 spiro atoms. The average molecular weight is 507 g/mol. The number of rotatable bonds is 4. The van der Waals surface area contributed by atoms with Gasteiger partial charge < -0.3 is 4.90 Å². The number of amides is 2. The van der Waals surface area contributed by atoms with E-state index < -0.39 is 0 Å². The summed E-state index contributed by atoms with van der Waals surface area (Å²) in [4.78, 5) is 30.7. The summed E-state index contributed by atoms with van der Waals surface area (Å²) >= 11 is 17.1. The normalized spacial score (nSPS) is 24.2. The molecule has 0 bridgehead atoms. The van der Waals surface area contributed by atoms with E-state index in [2.05, 4.69) is 48.4 Å². The lowest BCUT2D eigenvalue weighted by atomic mass is 10.0. The zero-order valence-corrected chi connectivity index (χ0v) is 20.3. The van der Waals surface area contributed by atoms with Gasteiger partial charge in [0.2, 0.25) is 11.8 Å². The molecule has 8 nitrogen and oxygen atoms in total. The summed E-state index contributed by atoms with van der Waals surface area (Å²) in [6.45, 7) is 4.86. The SMILES string of the molecule is O=C1CCC(N2Cc3c(CN4CCN(c5cc(Cl)nnc5Cl)CC4)cccc3C2S)C(=O)N1. The van der Waals surface area contributed by atoms with Crippen LogP contribution >= 0.6 is 35.8 Å². The number of anilines is 1. The van der Waals surface area contributed by atoms with Gasteiger partial charge in [-0.3, -0.25) is 24.7 Å². The Bertz CT molecular complexity index is 1090. The summed E-state index contributed by atoms with van der Waals surface area (Å²) in [6.07, 6.45) is 0.895.